The van der Waals surface area contributed by atoms with E-state index in [-0.39, 0.29) is 5.56 Å². The zero-order valence-electron chi connectivity index (χ0n) is 14.5. The predicted molar refractivity (Wildman–Crippen MR) is 106 cm³/mol. The van der Waals surface area contributed by atoms with Crippen LogP contribution in [0.3, 0.4) is 0 Å². The second kappa shape index (κ2) is 6.06. The van der Waals surface area contributed by atoms with Crippen molar-refractivity contribution >= 4 is 50.3 Å². The molecule has 0 aliphatic carbocycles. The number of aryl methyl sites for hydroxylation is 1. The summed E-state index contributed by atoms with van der Waals surface area (Å²) in [6.07, 6.45) is 0. The van der Waals surface area contributed by atoms with Crippen LogP contribution < -0.4 is 15.2 Å². The van der Waals surface area contributed by atoms with Crippen LogP contribution in [0, 0.1) is 6.92 Å². The molecule has 6 nitrogen and oxygen atoms in total. The van der Waals surface area contributed by atoms with E-state index in [0.717, 1.165) is 37.6 Å². The largest absolute Gasteiger partial charge is 0.477 e. The third-order valence-electron chi connectivity index (χ3n) is 5.25. The smallest absolute Gasteiger partial charge is 0.342 e. The summed E-state index contributed by atoms with van der Waals surface area (Å²) in [5, 5.41) is 15.8. The van der Waals surface area contributed by atoms with Crippen LogP contribution in [-0.2, 0) is 0 Å². The first-order valence-corrected chi connectivity index (χ1v) is 9.64. The molecular weight excluding hydrogens is 374 g/mol. The first kappa shape index (κ1) is 17.5. The number of nitrogens with one attached hydrogen (secondary N) is 1. The Hall–Kier alpha value is -1.93. The van der Waals surface area contributed by atoms with Crippen LogP contribution in [-0.4, -0.2) is 48.7 Å². The predicted octanol–water partition coefficient (Wildman–Crippen LogP) is 2.71. The van der Waals surface area contributed by atoms with E-state index in [4.69, 9.17) is 11.6 Å². The van der Waals surface area contributed by atoms with Crippen LogP contribution in [0.2, 0.25) is 5.02 Å². The van der Waals surface area contributed by atoms with Gasteiger partial charge in [0, 0.05) is 30.2 Å². The lowest BCUT2D eigenvalue weighted by Crippen LogP contribution is -2.57. The lowest BCUT2D eigenvalue weighted by Gasteiger charge is -2.38. The highest BCUT2D eigenvalue weighted by atomic mass is 35.5. The van der Waals surface area contributed by atoms with Crippen molar-refractivity contribution in [3.8, 4) is 0 Å². The monoisotopic (exact) mass is 392 g/mol. The van der Waals surface area contributed by atoms with E-state index in [1.807, 2.05) is 16.7 Å². The minimum absolute atomic E-state index is 0.174. The molecule has 0 saturated carbocycles. The molecule has 1 fully saturated rings. The SMILES string of the molecule is Cc1csc2c(C(=O)O)c(=O)c3cc([N+]4(C)CCNCC4)c(Cl)cc3n12. The quantitative estimate of drug-likeness (QED) is 0.658. The average Bonchev–Trinajstić information content (AvgIpc) is 2.96. The molecule has 1 aliphatic heterocycles. The number of hydrogen-bond donors (Lipinski definition) is 2. The summed E-state index contributed by atoms with van der Waals surface area (Å²) in [5.74, 6) is -1.20. The van der Waals surface area contributed by atoms with Gasteiger partial charge in [-0.1, -0.05) is 11.6 Å². The molecule has 0 atom stereocenters. The number of piperazine rings is 1. The van der Waals surface area contributed by atoms with E-state index < -0.39 is 11.4 Å². The molecule has 1 aliphatic rings. The van der Waals surface area contributed by atoms with Crippen molar-refractivity contribution in [3.63, 3.8) is 0 Å². The number of aromatic carboxylic acids is 1. The van der Waals surface area contributed by atoms with Crippen molar-refractivity contribution in [2.45, 2.75) is 6.92 Å². The van der Waals surface area contributed by atoms with Crippen LogP contribution in [0.5, 0.6) is 0 Å². The van der Waals surface area contributed by atoms with Crippen LogP contribution in [0.4, 0.5) is 5.69 Å². The number of carbonyl (C=O) groups is 1. The fraction of sp³-hybridized carbons (Fsp3) is 0.333. The number of thiazole rings is 1. The zero-order chi connectivity index (χ0) is 18.6. The van der Waals surface area contributed by atoms with Crippen molar-refractivity contribution in [2.24, 2.45) is 0 Å². The van der Waals surface area contributed by atoms with E-state index in [1.165, 1.54) is 11.3 Å². The lowest BCUT2D eigenvalue weighted by atomic mass is 10.1. The van der Waals surface area contributed by atoms with Crippen molar-refractivity contribution in [2.75, 3.05) is 33.2 Å². The Labute approximate surface area is 158 Å². The molecule has 0 spiro atoms. The number of benzene rings is 1. The Balaban J connectivity index is 2.12. The van der Waals surface area contributed by atoms with Gasteiger partial charge in [-0.05, 0) is 13.0 Å². The first-order chi connectivity index (χ1) is 12.3. The number of quaternary nitrogens is 1. The number of pyridine rings is 1. The summed E-state index contributed by atoms with van der Waals surface area (Å²) in [5.41, 5.74) is 1.77. The Morgan fingerprint density at radius 1 is 1.35 bits per heavy atom. The molecule has 3 aromatic rings. The molecule has 136 valence electrons. The van der Waals surface area contributed by atoms with Crippen LogP contribution in [0.25, 0.3) is 15.7 Å². The number of rotatable bonds is 2. The highest BCUT2D eigenvalue weighted by molar-refractivity contribution is 7.16. The highest BCUT2D eigenvalue weighted by Gasteiger charge is 2.31. The fourth-order valence-corrected chi connectivity index (χ4v) is 5.15. The van der Waals surface area contributed by atoms with E-state index in [9.17, 15) is 14.7 Å². The summed E-state index contributed by atoms with van der Waals surface area (Å²) in [4.78, 5) is 25.2. The fourth-order valence-electron chi connectivity index (χ4n) is 3.76. The minimum Gasteiger partial charge on any atom is -0.477 e. The third-order valence-corrected chi connectivity index (χ3v) is 6.62. The molecule has 4 rings (SSSR count). The second-order valence-corrected chi connectivity index (χ2v) is 8.21. The molecule has 3 heterocycles. The normalized spacial score (nSPS) is 17.0. The van der Waals surface area contributed by atoms with Gasteiger partial charge in [-0.15, -0.1) is 11.3 Å². The minimum atomic E-state index is -1.20. The topological polar surface area (TPSA) is 70.8 Å². The molecule has 0 amide bonds. The Morgan fingerprint density at radius 3 is 2.69 bits per heavy atom. The molecule has 2 N–H and O–H groups in total. The molecule has 0 bridgehead atoms. The number of aromatic nitrogens is 1. The standard InChI is InChI=1S/C18H18ClN3O3S/c1-10-9-26-17-15(18(24)25)16(23)11-7-14(12(19)8-13(11)21(10)17)22(2)5-3-20-4-6-22/h7-9,20H,3-6H2,1-2H3/p+1. The van der Waals surface area contributed by atoms with Crippen molar-refractivity contribution in [1.82, 2.24) is 14.2 Å². The number of carboxylic acids is 1. The highest BCUT2D eigenvalue weighted by Crippen LogP contribution is 2.35. The second-order valence-electron chi connectivity index (χ2n) is 6.94. The van der Waals surface area contributed by atoms with Gasteiger partial charge >= 0.3 is 5.97 Å². The first-order valence-electron chi connectivity index (χ1n) is 8.39. The zero-order valence-corrected chi connectivity index (χ0v) is 16.1. The Morgan fingerprint density at radius 2 is 2.04 bits per heavy atom. The molecule has 1 saturated heterocycles. The number of fused-ring (bicyclic) bond motifs is 3. The maximum absolute atomic E-state index is 13.0. The van der Waals surface area contributed by atoms with Gasteiger partial charge in [-0.25, -0.2) is 4.79 Å². The van der Waals surface area contributed by atoms with Crippen molar-refractivity contribution in [1.29, 1.82) is 0 Å². The summed E-state index contributed by atoms with van der Waals surface area (Å²) < 4.78 is 2.44. The molecule has 1 aromatic carbocycles. The lowest BCUT2D eigenvalue weighted by molar-refractivity contribution is 0.0697. The molecule has 8 heteroatoms. The summed E-state index contributed by atoms with van der Waals surface area (Å²) in [6, 6.07) is 3.60. The van der Waals surface area contributed by atoms with E-state index in [2.05, 4.69) is 12.4 Å². The van der Waals surface area contributed by atoms with Crippen molar-refractivity contribution in [3.05, 3.63) is 44.0 Å². The van der Waals surface area contributed by atoms with E-state index >= 15 is 0 Å². The maximum Gasteiger partial charge on any atom is 0.342 e. The van der Waals surface area contributed by atoms with Gasteiger partial charge < -0.3 is 14.8 Å². The Bertz CT molecular complexity index is 1110. The summed E-state index contributed by atoms with van der Waals surface area (Å²) >= 11 is 7.90. The van der Waals surface area contributed by atoms with Crippen LogP contribution in [0.1, 0.15) is 16.1 Å². The van der Waals surface area contributed by atoms with E-state index in [1.54, 1.807) is 12.1 Å². The van der Waals surface area contributed by atoms with Gasteiger partial charge in [0.2, 0.25) is 5.43 Å². The van der Waals surface area contributed by atoms with Gasteiger partial charge in [0.05, 0.1) is 31.0 Å². The van der Waals surface area contributed by atoms with Gasteiger partial charge in [0.1, 0.15) is 15.4 Å². The molecular formula is C18H19ClN3O3S+. The van der Waals surface area contributed by atoms with Crippen molar-refractivity contribution < 1.29 is 9.90 Å². The van der Waals surface area contributed by atoms with Gasteiger partial charge in [-0.2, -0.15) is 0 Å². The average molecular weight is 393 g/mol. The number of carboxylic acid groups (broad SMARTS) is 1. The Kier molecular flexibility index (Phi) is 4.07. The molecule has 0 radical (unpaired) electrons. The third kappa shape index (κ3) is 2.46. The number of halogens is 1. The van der Waals surface area contributed by atoms with Gasteiger partial charge in [0.15, 0.2) is 5.69 Å². The van der Waals surface area contributed by atoms with Gasteiger partial charge in [0.25, 0.3) is 0 Å². The van der Waals surface area contributed by atoms with E-state index in [0.29, 0.717) is 25.2 Å². The molecule has 26 heavy (non-hydrogen) atoms. The van der Waals surface area contributed by atoms with Gasteiger partial charge in [-0.3, -0.25) is 9.28 Å². The number of nitrogens with zero attached hydrogens (tertiary/aromatic N) is 2. The number of hydrogen-bond acceptors (Lipinski definition) is 4. The maximum atomic E-state index is 13.0. The van der Waals surface area contributed by atoms with Crippen LogP contribution >= 0.6 is 22.9 Å². The molecule has 2 aromatic heterocycles. The van der Waals surface area contributed by atoms with Crippen LogP contribution in [0.15, 0.2) is 22.3 Å². The molecule has 0 unspecified atom stereocenters. The number of likely N-dealkylation sites (N-methyl/N-ethyl adjacent to an activating group) is 1. The summed E-state index contributed by atoms with van der Waals surface area (Å²) in [6.45, 7) is 5.35. The summed E-state index contributed by atoms with van der Waals surface area (Å²) in [7, 11) is 2.10.